The van der Waals surface area contributed by atoms with Gasteiger partial charge in [0.05, 0.1) is 22.7 Å². The summed E-state index contributed by atoms with van der Waals surface area (Å²) in [6, 6.07) is 0. The molecular formula is C14H23NO3SSi. The lowest BCUT2D eigenvalue weighted by Crippen LogP contribution is -2.41. The minimum atomic E-state index is -1.39. The summed E-state index contributed by atoms with van der Waals surface area (Å²) in [6.07, 6.45) is 4.81. The van der Waals surface area contributed by atoms with Gasteiger partial charge in [-0.3, -0.25) is 4.98 Å². The van der Waals surface area contributed by atoms with Crippen LogP contribution in [0.2, 0.25) is 19.6 Å². The smallest absolute Gasteiger partial charge is 0.168 e. The lowest BCUT2D eigenvalue weighted by molar-refractivity contribution is -0.203. The highest BCUT2D eigenvalue weighted by Crippen LogP contribution is 2.45. The lowest BCUT2D eigenvalue weighted by atomic mass is 9.80. The molecule has 1 aliphatic carbocycles. The van der Waals surface area contributed by atoms with Crippen LogP contribution in [0.25, 0.3) is 0 Å². The van der Waals surface area contributed by atoms with Crippen LogP contribution < -0.4 is 4.63 Å². The van der Waals surface area contributed by atoms with E-state index in [4.69, 9.17) is 9.47 Å². The van der Waals surface area contributed by atoms with Gasteiger partial charge in [0.2, 0.25) is 0 Å². The Labute approximate surface area is 125 Å². The van der Waals surface area contributed by atoms with Crippen molar-refractivity contribution in [2.24, 2.45) is 0 Å². The average molecular weight is 313 g/mol. The van der Waals surface area contributed by atoms with Crippen LogP contribution in [0.1, 0.15) is 30.6 Å². The van der Waals surface area contributed by atoms with E-state index in [1.807, 2.05) is 6.20 Å². The van der Waals surface area contributed by atoms with E-state index in [1.165, 1.54) is 4.63 Å². The van der Waals surface area contributed by atoms with Gasteiger partial charge in [-0.2, -0.15) is 0 Å². The van der Waals surface area contributed by atoms with E-state index in [2.05, 4.69) is 24.6 Å². The maximum atomic E-state index is 10.9. The van der Waals surface area contributed by atoms with Crippen molar-refractivity contribution in [1.82, 2.24) is 4.98 Å². The average Bonchev–Trinajstić information content (AvgIpc) is 3.03. The summed E-state index contributed by atoms with van der Waals surface area (Å²) < 4.78 is 12.7. The highest BCUT2D eigenvalue weighted by molar-refractivity contribution is 7.25. The van der Waals surface area contributed by atoms with Gasteiger partial charge in [0.25, 0.3) is 0 Å². The Hall–Kier alpha value is -0.273. The fourth-order valence-electron chi connectivity index (χ4n) is 2.91. The van der Waals surface area contributed by atoms with Gasteiger partial charge < -0.3 is 14.6 Å². The van der Waals surface area contributed by atoms with E-state index in [-0.39, 0.29) is 0 Å². The second kappa shape index (κ2) is 4.88. The fourth-order valence-corrected chi connectivity index (χ4v) is 5.73. The molecule has 112 valence electrons. The number of nitrogens with zero attached hydrogens (tertiary/aromatic N) is 1. The first-order valence-corrected chi connectivity index (χ1v) is 11.6. The van der Waals surface area contributed by atoms with Crippen molar-refractivity contribution in [2.45, 2.75) is 56.7 Å². The molecule has 1 aromatic heterocycles. The number of rotatable bonds is 2. The summed E-state index contributed by atoms with van der Waals surface area (Å²) in [5.41, 5.74) is -0.740. The molecule has 0 atom stereocenters. The number of aliphatic hydroxyl groups is 1. The third-order valence-corrected chi connectivity index (χ3v) is 8.82. The third-order valence-electron chi connectivity index (χ3n) is 4.26. The van der Waals surface area contributed by atoms with Crippen molar-refractivity contribution < 1.29 is 14.6 Å². The van der Waals surface area contributed by atoms with Crippen LogP contribution in [0.5, 0.6) is 0 Å². The molecule has 0 unspecified atom stereocenters. The molecule has 2 heterocycles. The Balaban J connectivity index is 1.75. The molecule has 2 aliphatic rings. The lowest BCUT2D eigenvalue weighted by Gasteiger charge is -2.39. The molecule has 1 aliphatic heterocycles. The van der Waals surface area contributed by atoms with Crippen molar-refractivity contribution in [3.8, 4) is 0 Å². The molecule has 0 radical (unpaired) electrons. The van der Waals surface area contributed by atoms with Crippen LogP contribution >= 0.6 is 11.3 Å². The molecule has 6 heteroatoms. The van der Waals surface area contributed by atoms with Gasteiger partial charge in [-0.05, 0) is 12.8 Å². The van der Waals surface area contributed by atoms with E-state index in [0.717, 1.165) is 17.7 Å². The predicted octanol–water partition coefficient (Wildman–Crippen LogP) is 2.19. The van der Waals surface area contributed by atoms with Gasteiger partial charge in [-0.25, -0.2) is 0 Å². The molecule has 20 heavy (non-hydrogen) atoms. The van der Waals surface area contributed by atoms with Crippen molar-refractivity contribution in [2.75, 3.05) is 13.2 Å². The Bertz CT molecular complexity index is 481. The second-order valence-corrected chi connectivity index (χ2v) is 13.3. The summed E-state index contributed by atoms with van der Waals surface area (Å²) >= 11 is 1.70. The van der Waals surface area contributed by atoms with Crippen LogP contribution in [0, 0.1) is 0 Å². The highest BCUT2D eigenvalue weighted by Gasteiger charge is 2.47. The van der Waals surface area contributed by atoms with E-state index in [9.17, 15) is 5.11 Å². The normalized spacial score (nSPS) is 25.2. The zero-order valence-electron chi connectivity index (χ0n) is 12.4. The summed E-state index contributed by atoms with van der Waals surface area (Å²) in [6.45, 7) is 8.22. The van der Waals surface area contributed by atoms with Gasteiger partial charge in [0.1, 0.15) is 13.7 Å². The standard InChI is InChI=1S/C14H23NO3SSi/c1-20(2,3)12-15-10-11(19-12)13(16)4-6-14(7-5-13)17-8-9-18-14/h10,16H,4-9H2,1-3H3. The molecule has 0 aromatic carbocycles. The van der Waals surface area contributed by atoms with Gasteiger partial charge >= 0.3 is 0 Å². The summed E-state index contributed by atoms with van der Waals surface area (Å²) in [5, 5.41) is 10.9. The molecule has 0 amide bonds. The van der Waals surface area contributed by atoms with E-state index < -0.39 is 19.5 Å². The first-order chi connectivity index (χ1) is 9.33. The second-order valence-electron chi connectivity index (χ2n) is 6.92. The number of aromatic nitrogens is 1. The fraction of sp³-hybridized carbons (Fsp3) is 0.786. The summed E-state index contributed by atoms with van der Waals surface area (Å²) in [7, 11) is -1.39. The molecule has 1 N–H and O–H groups in total. The SMILES string of the molecule is C[Si](C)(C)c1ncc(C2(O)CCC3(CC2)OCCO3)s1. The maximum absolute atomic E-state index is 10.9. The molecule has 0 bridgehead atoms. The zero-order chi connectivity index (χ0) is 14.4. The Morgan fingerprint density at radius 2 is 1.75 bits per heavy atom. The van der Waals surface area contributed by atoms with Gasteiger partial charge in [-0.15, -0.1) is 11.3 Å². The number of ether oxygens (including phenoxy) is 2. The van der Waals surface area contributed by atoms with Crippen molar-refractivity contribution >= 4 is 24.0 Å². The Morgan fingerprint density at radius 3 is 2.25 bits per heavy atom. The van der Waals surface area contributed by atoms with E-state index in [0.29, 0.717) is 26.1 Å². The highest BCUT2D eigenvalue weighted by atomic mass is 32.1. The van der Waals surface area contributed by atoms with Crippen molar-refractivity contribution in [1.29, 1.82) is 0 Å². The Morgan fingerprint density at radius 1 is 1.15 bits per heavy atom. The van der Waals surface area contributed by atoms with Gasteiger partial charge in [-0.1, -0.05) is 19.6 Å². The first-order valence-electron chi connectivity index (χ1n) is 7.30. The van der Waals surface area contributed by atoms with Crippen molar-refractivity contribution in [3.63, 3.8) is 0 Å². The first kappa shape index (κ1) is 14.7. The maximum Gasteiger partial charge on any atom is 0.168 e. The minimum absolute atomic E-state index is 0.418. The number of hydrogen-bond acceptors (Lipinski definition) is 5. The Kier molecular flexibility index (Phi) is 3.58. The molecule has 3 rings (SSSR count). The number of thiazole rings is 1. The molecule has 1 spiro atoms. The topological polar surface area (TPSA) is 51.6 Å². The quantitative estimate of drug-likeness (QED) is 0.851. The minimum Gasteiger partial charge on any atom is -0.384 e. The van der Waals surface area contributed by atoms with Crippen molar-refractivity contribution in [3.05, 3.63) is 11.1 Å². The largest absolute Gasteiger partial charge is 0.384 e. The summed E-state index contributed by atoms with van der Waals surface area (Å²) in [4.78, 5) is 5.57. The van der Waals surface area contributed by atoms with Gasteiger partial charge in [0, 0.05) is 19.0 Å². The van der Waals surface area contributed by atoms with E-state index >= 15 is 0 Å². The van der Waals surface area contributed by atoms with Crippen LogP contribution in [0.4, 0.5) is 0 Å². The van der Waals surface area contributed by atoms with Crippen LogP contribution in [0.3, 0.4) is 0 Å². The van der Waals surface area contributed by atoms with E-state index in [1.54, 1.807) is 11.3 Å². The molecule has 1 saturated heterocycles. The van der Waals surface area contributed by atoms with Gasteiger partial charge in [0.15, 0.2) is 5.79 Å². The van der Waals surface area contributed by atoms with Crippen LogP contribution in [0.15, 0.2) is 6.20 Å². The number of hydrogen-bond donors (Lipinski definition) is 1. The van der Waals surface area contributed by atoms with Crippen LogP contribution in [-0.4, -0.2) is 37.2 Å². The molecular weight excluding hydrogens is 290 g/mol. The zero-order valence-corrected chi connectivity index (χ0v) is 14.3. The summed E-state index contributed by atoms with van der Waals surface area (Å²) in [5.74, 6) is -0.418. The third kappa shape index (κ3) is 2.59. The molecule has 1 saturated carbocycles. The predicted molar refractivity (Wildman–Crippen MR) is 82.1 cm³/mol. The molecule has 1 aromatic rings. The van der Waals surface area contributed by atoms with Crippen LogP contribution in [-0.2, 0) is 15.1 Å². The molecule has 2 fully saturated rings. The molecule has 4 nitrogen and oxygen atoms in total. The monoisotopic (exact) mass is 313 g/mol.